The fraction of sp³-hybridized carbons (Fsp3) is 0.400. The van der Waals surface area contributed by atoms with E-state index in [-0.39, 0.29) is 42.4 Å². The topological polar surface area (TPSA) is 77.4 Å². The molecule has 1 aromatic carbocycles. The van der Waals surface area contributed by atoms with Crippen LogP contribution in [-0.2, 0) is 23.0 Å². The molecule has 2 rings (SSSR count). The second-order valence-electron chi connectivity index (χ2n) is 3.99. The zero-order valence-electron chi connectivity index (χ0n) is 9.31. The van der Waals surface area contributed by atoms with Crippen LogP contribution in [0.4, 0.5) is 0 Å². The zero-order chi connectivity index (χ0) is 12.0. The van der Waals surface area contributed by atoms with Gasteiger partial charge in [0.15, 0.2) is 4.93 Å². The summed E-state index contributed by atoms with van der Waals surface area (Å²) in [4.78, 5) is -2.15. The summed E-state index contributed by atoms with van der Waals surface area (Å²) in [7, 11) is -4.68. The van der Waals surface area contributed by atoms with E-state index in [2.05, 4.69) is 15.9 Å². The number of hydrogen-bond acceptors (Lipinski definition) is 4. The second kappa shape index (κ2) is 5.28. The van der Waals surface area contributed by atoms with Crippen molar-refractivity contribution in [3.63, 3.8) is 0 Å². The molecule has 0 bridgehead atoms. The first kappa shape index (κ1) is 15.6. The Morgan fingerprint density at radius 2 is 2.00 bits per heavy atom. The molecule has 0 saturated carbocycles. The Kier molecular flexibility index (Phi) is 4.86. The molecule has 0 amide bonds. The molecule has 0 spiro atoms. The van der Waals surface area contributed by atoms with Crippen LogP contribution in [0, 0.1) is 0 Å². The third-order valence-corrected chi connectivity index (χ3v) is 4.66. The molecule has 0 aromatic heterocycles. The molecule has 88 valence electrons. The number of aliphatic hydroxyl groups is 1. The van der Waals surface area contributed by atoms with Gasteiger partial charge in [-0.25, -0.2) is 8.42 Å². The molecular formula is C10H10BrNaO4S. The van der Waals surface area contributed by atoms with Crippen molar-refractivity contribution < 1.29 is 47.6 Å². The van der Waals surface area contributed by atoms with Crippen LogP contribution in [0.5, 0.6) is 0 Å². The average Bonchev–Trinajstić information content (AvgIpc) is 2.17. The predicted molar refractivity (Wildman–Crippen MR) is 60.8 cm³/mol. The van der Waals surface area contributed by atoms with Gasteiger partial charge in [-0.2, -0.15) is 0 Å². The van der Waals surface area contributed by atoms with Gasteiger partial charge in [-0.3, -0.25) is 0 Å². The number of benzene rings is 1. The van der Waals surface area contributed by atoms with Gasteiger partial charge in [0, 0.05) is 10.9 Å². The molecule has 1 aliphatic rings. The Morgan fingerprint density at radius 3 is 2.59 bits per heavy atom. The maximum Gasteiger partial charge on any atom is 1.00 e. The molecule has 1 atom stereocenters. The maximum atomic E-state index is 11.0. The number of rotatable bonds is 1. The van der Waals surface area contributed by atoms with Gasteiger partial charge in [0.05, 0.1) is 0 Å². The summed E-state index contributed by atoms with van der Waals surface area (Å²) >= 11 is 3.32. The van der Waals surface area contributed by atoms with Crippen LogP contribution in [-0.4, -0.2) is 23.0 Å². The third-order valence-electron chi connectivity index (χ3n) is 2.89. The molecule has 1 N–H and O–H groups in total. The molecular weight excluding hydrogens is 319 g/mol. The minimum atomic E-state index is -4.68. The maximum absolute atomic E-state index is 11.0. The Bertz CT molecular complexity index is 531. The van der Waals surface area contributed by atoms with E-state index in [4.69, 9.17) is 0 Å². The monoisotopic (exact) mass is 328 g/mol. The van der Waals surface area contributed by atoms with E-state index < -0.39 is 15.1 Å². The van der Waals surface area contributed by atoms with Crippen LogP contribution in [0.1, 0.15) is 17.5 Å². The summed E-state index contributed by atoms with van der Waals surface area (Å²) in [5, 5.41) is 9.81. The van der Waals surface area contributed by atoms with E-state index in [1.54, 1.807) is 12.1 Å². The van der Waals surface area contributed by atoms with Gasteiger partial charge in [0.2, 0.25) is 0 Å². The molecule has 0 saturated heterocycles. The van der Waals surface area contributed by atoms with Crippen molar-refractivity contribution in [3.05, 3.63) is 33.8 Å². The van der Waals surface area contributed by atoms with Gasteiger partial charge in [-0.05, 0) is 36.1 Å². The molecule has 7 heteroatoms. The molecule has 0 radical (unpaired) electrons. The molecule has 0 fully saturated rings. The van der Waals surface area contributed by atoms with Crippen molar-refractivity contribution in [1.82, 2.24) is 0 Å². The number of hydrogen-bond donors (Lipinski definition) is 1. The normalized spacial score (nSPS) is 23.7. The number of fused-ring (bicyclic) bond motifs is 1. The van der Waals surface area contributed by atoms with Crippen LogP contribution in [0.25, 0.3) is 0 Å². The second-order valence-corrected chi connectivity index (χ2v) is 6.57. The number of aryl methyl sites for hydroxylation is 1. The summed E-state index contributed by atoms with van der Waals surface area (Å²) in [6.45, 7) is 0. The summed E-state index contributed by atoms with van der Waals surface area (Å²) in [6.07, 6.45) is 0.233. The van der Waals surface area contributed by atoms with Gasteiger partial charge >= 0.3 is 29.6 Å². The van der Waals surface area contributed by atoms with E-state index >= 15 is 0 Å². The Hall–Kier alpha value is 0.570. The van der Waals surface area contributed by atoms with Crippen molar-refractivity contribution in [2.75, 3.05) is 0 Å². The van der Waals surface area contributed by atoms with Gasteiger partial charge in [0.25, 0.3) is 0 Å². The van der Waals surface area contributed by atoms with Gasteiger partial charge in [-0.15, -0.1) is 0 Å². The molecule has 4 nitrogen and oxygen atoms in total. The van der Waals surface area contributed by atoms with Crippen molar-refractivity contribution in [2.45, 2.75) is 24.2 Å². The van der Waals surface area contributed by atoms with Crippen molar-refractivity contribution in [3.8, 4) is 0 Å². The quantitative estimate of drug-likeness (QED) is 0.486. The SMILES string of the molecule is O=S(=O)([O-])C1(O)CCc2cc(Br)ccc2C1.[Na+]. The van der Waals surface area contributed by atoms with Crippen LogP contribution < -0.4 is 29.6 Å². The van der Waals surface area contributed by atoms with Gasteiger partial charge in [-0.1, -0.05) is 22.0 Å². The Morgan fingerprint density at radius 1 is 1.35 bits per heavy atom. The number of halogens is 1. The molecule has 0 heterocycles. The van der Waals surface area contributed by atoms with Crippen LogP contribution in [0.3, 0.4) is 0 Å². The Balaban J connectivity index is 0.00000144. The minimum Gasteiger partial charge on any atom is -0.746 e. The fourth-order valence-electron chi connectivity index (χ4n) is 1.93. The van der Waals surface area contributed by atoms with Crippen LogP contribution >= 0.6 is 15.9 Å². The first-order valence-corrected chi connectivity index (χ1v) is 6.97. The third kappa shape index (κ3) is 3.12. The van der Waals surface area contributed by atoms with E-state index in [0.717, 1.165) is 15.6 Å². The molecule has 1 unspecified atom stereocenters. The first-order chi connectivity index (χ1) is 7.32. The molecule has 17 heavy (non-hydrogen) atoms. The van der Waals surface area contributed by atoms with E-state index in [9.17, 15) is 18.1 Å². The predicted octanol–water partition coefficient (Wildman–Crippen LogP) is -1.82. The van der Waals surface area contributed by atoms with Crippen molar-refractivity contribution in [1.29, 1.82) is 0 Å². The summed E-state index contributed by atoms with van der Waals surface area (Å²) in [6, 6.07) is 5.38. The van der Waals surface area contributed by atoms with E-state index in [1.807, 2.05) is 6.07 Å². The average molecular weight is 329 g/mol. The van der Waals surface area contributed by atoms with Crippen molar-refractivity contribution >= 4 is 26.0 Å². The smallest absolute Gasteiger partial charge is 0.746 e. The Labute approximate surface area is 131 Å². The zero-order valence-corrected chi connectivity index (χ0v) is 13.7. The van der Waals surface area contributed by atoms with Crippen LogP contribution in [0.15, 0.2) is 22.7 Å². The molecule has 1 aromatic rings. The first-order valence-electron chi connectivity index (χ1n) is 4.77. The van der Waals surface area contributed by atoms with Crippen molar-refractivity contribution in [2.24, 2.45) is 0 Å². The summed E-state index contributed by atoms with van der Waals surface area (Å²) in [5.41, 5.74) is 1.69. The summed E-state index contributed by atoms with van der Waals surface area (Å²) < 4.78 is 33.8. The van der Waals surface area contributed by atoms with E-state index in [0.29, 0.717) is 6.42 Å². The fourth-order valence-corrected chi connectivity index (χ4v) is 3.02. The standard InChI is InChI=1S/C10H11BrO4S.Na/c11-9-2-1-8-6-10(12,16(13,14)15)4-3-7(8)5-9;/h1-2,5,12H,3-4,6H2,(H,13,14,15);/q;+1/p-1. The van der Waals surface area contributed by atoms with Gasteiger partial charge < -0.3 is 9.66 Å². The summed E-state index contributed by atoms with van der Waals surface area (Å²) in [5.74, 6) is 0. The largest absolute Gasteiger partial charge is 1.00 e. The molecule has 1 aliphatic carbocycles. The van der Waals surface area contributed by atoms with Crippen LogP contribution in [0.2, 0.25) is 0 Å². The van der Waals surface area contributed by atoms with Gasteiger partial charge in [0.1, 0.15) is 10.1 Å². The molecule has 0 aliphatic heterocycles. The van der Waals surface area contributed by atoms with E-state index in [1.165, 1.54) is 0 Å². The minimum absolute atomic E-state index is 0.